The van der Waals surface area contributed by atoms with Gasteiger partial charge >= 0.3 is 0 Å². The molecule has 3 nitrogen and oxygen atoms in total. The number of benzene rings is 1. The number of ketones is 1. The van der Waals surface area contributed by atoms with Crippen molar-refractivity contribution in [2.75, 3.05) is 0 Å². The molecule has 0 spiro atoms. The molecular formula is C17H20N2O. The zero-order valence-corrected chi connectivity index (χ0v) is 12.5. The average molecular weight is 268 g/mol. The number of aromatic nitrogens is 2. The van der Waals surface area contributed by atoms with E-state index in [1.165, 1.54) is 16.7 Å². The van der Waals surface area contributed by atoms with E-state index in [1.807, 2.05) is 6.07 Å². The molecule has 1 heterocycles. The third-order valence-corrected chi connectivity index (χ3v) is 3.52. The van der Waals surface area contributed by atoms with E-state index in [2.05, 4.69) is 42.9 Å². The van der Waals surface area contributed by atoms with E-state index in [4.69, 9.17) is 0 Å². The van der Waals surface area contributed by atoms with Crippen LogP contribution in [0.3, 0.4) is 0 Å². The molecule has 0 radical (unpaired) electrons. The van der Waals surface area contributed by atoms with Crippen LogP contribution in [0.5, 0.6) is 0 Å². The minimum absolute atomic E-state index is 0.168. The first-order valence-corrected chi connectivity index (χ1v) is 6.87. The second-order valence-electron chi connectivity index (χ2n) is 5.31. The standard InChI is InChI=1S/C17H20N2O/c1-11-9-13(3)15(10-12(11)2)16-7-8-18-17(19-16)6-5-14(4)20/h7-10H,5-6H2,1-4H3. The highest BCUT2D eigenvalue weighted by Gasteiger charge is 2.08. The van der Waals surface area contributed by atoms with Crippen LogP contribution in [0.4, 0.5) is 0 Å². The van der Waals surface area contributed by atoms with Crippen LogP contribution in [0.2, 0.25) is 0 Å². The summed E-state index contributed by atoms with van der Waals surface area (Å²) in [5.74, 6) is 0.900. The average Bonchev–Trinajstić information content (AvgIpc) is 2.41. The first-order valence-electron chi connectivity index (χ1n) is 6.87. The van der Waals surface area contributed by atoms with Crippen molar-refractivity contribution >= 4 is 5.78 Å². The Bertz CT molecular complexity index is 647. The van der Waals surface area contributed by atoms with Crippen LogP contribution < -0.4 is 0 Å². The monoisotopic (exact) mass is 268 g/mol. The Morgan fingerprint density at radius 1 is 1.10 bits per heavy atom. The highest BCUT2D eigenvalue weighted by Crippen LogP contribution is 2.24. The molecule has 2 aromatic rings. The van der Waals surface area contributed by atoms with Crippen molar-refractivity contribution in [2.24, 2.45) is 0 Å². The normalized spacial score (nSPS) is 10.6. The number of Topliss-reactive ketones (excluding diaryl/α,β-unsaturated/α-hetero) is 1. The van der Waals surface area contributed by atoms with Crippen molar-refractivity contribution in [3.8, 4) is 11.3 Å². The zero-order chi connectivity index (χ0) is 14.7. The predicted octanol–water partition coefficient (Wildman–Crippen LogP) is 3.59. The minimum atomic E-state index is 0.168. The van der Waals surface area contributed by atoms with E-state index < -0.39 is 0 Å². The van der Waals surface area contributed by atoms with Gasteiger partial charge in [-0.05, 0) is 56.5 Å². The highest BCUT2D eigenvalue weighted by molar-refractivity contribution is 5.75. The second kappa shape index (κ2) is 5.95. The topological polar surface area (TPSA) is 42.9 Å². The summed E-state index contributed by atoms with van der Waals surface area (Å²) in [4.78, 5) is 19.9. The van der Waals surface area contributed by atoms with E-state index in [0.29, 0.717) is 12.8 Å². The van der Waals surface area contributed by atoms with Crippen molar-refractivity contribution < 1.29 is 4.79 Å². The van der Waals surface area contributed by atoms with Crippen molar-refractivity contribution in [3.63, 3.8) is 0 Å². The van der Waals surface area contributed by atoms with Crippen LogP contribution in [0, 0.1) is 20.8 Å². The molecule has 0 saturated carbocycles. The summed E-state index contributed by atoms with van der Waals surface area (Å²) < 4.78 is 0. The molecule has 20 heavy (non-hydrogen) atoms. The molecule has 3 heteroatoms. The molecule has 0 aliphatic heterocycles. The van der Waals surface area contributed by atoms with Gasteiger partial charge in [0, 0.05) is 24.6 Å². The van der Waals surface area contributed by atoms with Gasteiger partial charge in [0.2, 0.25) is 0 Å². The summed E-state index contributed by atoms with van der Waals surface area (Å²) in [6, 6.07) is 6.28. The van der Waals surface area contributed by atoms with Gasteiger partial charge in [-0.2, -0.15) is 0 Å². The molecule has 0 aliphatic rings. The Morgan fingerprint density at radius 3 is 2.50 bits per heavy atom. The van der Waals surface area contributed by atoms with Gasteiger partial charge in [0.1, 0.15) is 11.6 Å². The molecule has 0 aliphatic carbocycles. The SMILES string of the molecule is CC(=O)CCc1nccc(-c2cc(C)c(C)cc2C)n1. The van der Waals surface area contributed by atoms with Gasteiger partial charge in [-0.3, -0.25) is 0 Å². The van der Waals surface area contributed by atoms with E-state index in [1.54, 1.807) is 13.1 Å². The summed E-state index contributed by atoms with van der Waals surface area (Å²) in [5, 5.41) is 0. The lowest BCUT2D eigenvalue weighted by Crippen LogP contribution is -2.01. The van der Waals surface area contributed by atoms with Crippen LogP contribution in [-0.4, -0.2) is 15.8 Å². The van der Waals surface area contributed by atoms with E-state index in [9.17, 15) is 4.79 Å². The Hall–Kier alpha value is -2.03. The molecule has 0 bridgehead atoms. The first-order chi connectivity index (χ1) is 9.47. The predicted molar refractivity (Wildman–Crippen MR) is 80.7 cm³/mol. The summed E-state index contributed by atoms with van der Waals surface area (Å²) in [5.41, 5.74) is 5.83. The molecule has 0 saturated heterocycles. The van der Waals surface area contributed by atoms with Crippen LogP contribution in [0.25, 0.3) is 11.3 Å². The van der Waals surface area contributed by atoms with Crippen molar-refractivity contribution in [2.45, 2.75) is 40.5 Å². The zero-order valence-electron chi connectivity index (χ0n) is 12.5. The van der Waals surface area contributed by atoms with Gasteiger partial charge in [-0.25, -0.2) is 9.97 Å². The Kier molecular flexibility index (Phi) is 4.28. The number of rotatable bonds is 4. The molecule has 2 rings (SSSR count). The van der Waals surface area contributed by atoms with Gasteiger partial charge in [0.25, 0.3) is 0 Å². The number of carbonyl (C=O) groups is 1. The number of hydrogen-bond acceptors (Lipinski definition) is 3. The fourth-order valence-electron chi connectivity index (χ4n) is 2.19. The lowest BCUT2D eigenvalue weighted by atomic mass is 9.98. The summed E-state index contributed by atoms with van der Waals surface area (Å²) in [7, 11) is 0. The van der Waals surface area contributed by atoms with Crippen LogP contribution in [-0.2, 0) is 11.2 Å². The summed E-state index contributed by atoms with van der Waals surface area (Å²) in [6.45, 7) is 7.91. The van der Waals surface area contributed by atoms with Gasteiger partial charge in [-0.1, -0.05) is 6.07 Å². The first kappa shape index (κ1) is 14.4. The molecule has 0 N–H and O–H groups in total. The molecule has 0 unspecified atom stereocenters. The lowest BCUT2D eigenvalue weighted by Gasteiger charge is -2.10. The third kappa shape index (κ3) is 3.29. The second-order valence-corrected chi connectivity index (χ2v) is 5.31. The minimum Gasteiger partial charge on any atom is -0.300 e. The molecule has 104 valence electrons. The van der Waals surface area contributed by atoms with Crippen molar-refractivity contribution in [1.82, 2.24) is 9.97 Å². The fourth-order valence-corrected chi connectivity index (χ4v) is 2.19. The van der Waals surface area contributed by atoms with E-state index in [0.717, 1.165) is 17.1 Å². The highest BCUT2D eigenvalue weighted by atomic mass is 16.1. The number of aryl methyl sites for hydroxylation is 4. The molecule has 1 aromatic heterocycles. The van der Waals surface area contributed by atoms with Gasteiger partial charge < -0.3 is 4.79 Å². The van der Waals surface area contributed by atoms with Gasteiger partial charge in [0.05, 0.1) is 5.69 Å². The molecule has 1 aromatic carbocycles. The summed E-state index contributed by atoms with van der Waals surface area (Å²) in [6.07, 6.45) is 2.87. The number of nitrogens with zero attached hydrogens (tertiary/aromatic N) is 2. The molecule has 0 atom stereocenters. The van der Waals surface area contributed by atoms with Gasteiger partial charge in [-0.15, -0.1) is 0 Å². The quantitative estimate of drug-likeness (QED) is 0.851. The summed E-state index contributed by atoms with van der Waals surface area (Å²) >= 11 is 0. The van der Waals surface area contributed by atoms with Gasteiger partial charge in [0.15, 0.2) is 0 Å². The molecule has 0 amide bonds. The Morgan fingerprint density at radius 2 is 1.80 bits per heavy atom. The molecular weight excluding hydrogens is 248 g/mol. The van der Waals surface area contributed by atoms with Crippen LogP contribution in [0.1, 0.15) is 35.9 Å². The van der Waals surface area contributed by atoms with Crippen LogP contribution >= 0.6 is 0 Å². The maximum atomic E-state index is 11.1. The van der Waals surface area contributed by atoms with E-state index >= 15 is 0 Å². The smallest absolute Gasteiger partial charge is 0.130 e. The van der Waals surface area contributed by atoms with Crippen LogP contribution in [0.15, 0.2) is 24.4 Å². The molecule has 0 fully saturated rings. The van der Waals surface area contributed by atoms with Crippen molar-refractivity contribution in [3.05, 3.63) is 46.9 Å². The lowest BCUT2D eigenvalue weighted by molar-refractivity contribution is -0.117. The van der Waals surface area contributed by atoms with Crippen molar-refractivity contribution in [1.29, 1.82) is 0 Å². The third-order valence-electron chi connectivity index (χ3n) is 3.52. The maximum absolute atomic E-state index is 11.1. The Labute approximate surface area is 120 Å². The van der Waals surface area contributed by atoms with E-state index in [-0.39, 0.29) is 5.78 Å². The fraction of sp³-hybridized carbons (Fsp3) is 0.353. The maximum Gasteiger partial charge on any atom is 0.130 e. The largest absolute Gasteiger partial charge is 0.300 e. The number of hydrogen-bond donors (Lipinski definition) is 0. The number of carbonyl (C=O) groups excluding carboxylic acids is 1. The Balaban J connectivity index is 2.36.